The number of phenolic OH excluding ortho intramolecular Hbond substituents is 2. The first-order chi connectivity index (χ1) is 39.7. The number of nitrogens with zero attached hydrogens (tertiary/aromatic N) is 2. The summed E-state index contributed by atoms with van der Waals surface area (Å²) >= 11 is 6.19. The van der Waals surface area contributed by atoms with Crippen molar-refractivity contribution in [2.45, 2.75) is 57.9 Å². The quantitative estimate of drug-likeness (QED) is 0.0196. The van der Waals surface area contributed by atoms with Gasteiger partial charge in [0.05, 0.1) is 53.7 Å². The van der Waals surface area contributed by atoms with Crippen molar-refractivity contribution in [1.82, 2.24) is 15.2 Å². The highest BCUT2D eigenvalue weighted by Crippen LogP contribution is 2.34. The number of benzene rings is 6. The number of methoxy groups -OCH3 is 2. The second-order valence-electron chi connectivity index (χ2n) is 18.4. The van der Waals surface area contributed by atoms with Crippen LogP contribution < -0.4 is 41.2 Å². The third-order valence-corrected chi connectivity index (χ3v) is 12.8. The van der Waals surface area contributed by atoms with Gasteiger partial charge in [-0.25, -0.2) is 9.59 Å². The summed E-state index contributed by atoms with van der Waals surface area (Å²) in [7, 11) is 4.83. The van der Waals surface area contributed by atoms with Gasteiger partial charge in [0.2, 0.25) is 12.8 Å². The van der Waals surface area contributed by atoms with Crippen molar-refractivity contribution in [3.8, 4) is 28.7 Å². The van der Waals surface area contributed by atoms with Crippen LogP contribution in [0.25, 0.3) is 10.9 Å². The van der Waals surface area contributed by atoms with Crippen LogP contribution >= 0.6 is 11.6 Å². The summed E-state index contributed by atoms with van der Waals surface area (Å²) in [5.74, 6) is -1.89. The third kappa shape index (κ3) is 22.1. The number of nitrogens with one attached hydrogen (secondary N) is 4. The minimum Gasteiger partial charge on any atom is -0.506 e. The van der Waals surface area contributed by atoms with Crippen molar-refractivity contribution in [3.63, 3.8) is 0 Å². The molecule has 0 saturated heterocycles. The molecule has 1 heterocycles. The van der Waals surface area contributed by atoms with E-state index in [-0.39, 0.29) is 62.2 Å². The fraction of sp³-hybridized carbons (Fsp3) is 0.246. The van der Waals surface area contributed by atoms with Gasteiger partial charge in [0.25, 0.3) is 11.5 Å². The molecule has 0 unspecified atom stereocenters. The number of aromatic hydroxyl groups is 3. The van der Waals surface area contributed by atoms with Gasteiger partial charge in [-0.1, -0.05) is 72.3 Å². The summed E-state index contributed by atoms with van der Waals surface area (Å²) in [6.07, 6.45) is 2.25. The monoisotopic (exact) mass is 1200 g/mol. The number of hydrogen-bond donors (Lipinski definition) is 11. The maximum absolute atomic E-state index is 13.0. The largest absolute Gasteiger partial charge is 0.506 e. The molecule has 456 valence electrons. The van der Waals surface area contributed by atoms with E-state index in [0.29, 0.717) is 72.3 Å². The predicted octanol–water partition coefficient (Wildman–Crippen LogP) is 6.07. The molecule has 15 N–H and O–H groups in total. The normalized spacial score (nSPS) is 11.8. The number of halogens is 1. The number of carboxylic acids is 2. The summed E-state index contributed by atoms with van der Waals surface area (Å²) < 4.78 is 11.6. The molecule has 23 nitrogen and oxygen atoms in total. The van der Waals surface area contributed by atoms with Crippen LogP contribution in [-0.2, 0) is 39.1 Å². The van der Waals surface area contributed by atoms with Crippen molar-refractivity contribution >= 4 is 70.2 Å². The number of carbonyl (C=O) groups excluding carboxylic acids is 3. The van der Waals surface area contributed by atoms with Crippen LogP contribution in [0.2, 0.25) is 5.02 Å². The molecule has 0 spiro atoms. The van der Waals surface area contributed by atoms with Crippen LogP contribution in [0.5, 0.6) is 28.7 Å². The van der Waals surface area contributed by atoms with Crippen molar-refractivity contribution in [2.75, 3.05) is 49.4 Å². The number of carboxylic acid groups (broad SMARTS) is 2. The van der Waals surface area contributed by atoms with Crippen LogP contribution in [0.1, 0.15) is 65.6 Å². The number of fused-ring (bicyclic) bond motifs is 1. The zero-order valence-electron chi connectivity index (χ0n) is 47.5. The van der Waals surface area contributed by atoms with Crippen LogP contribution in [-0.4, -0.2) is 128 Å². The van der Waals surface area contributed by atoms with Crippen molar-refractivity contribution in [3.05, 3.63) is 189 Å². The highest BCUT2D eigenvalue weighted by molar-refractivity contribution is 6.36. The van der Waals surface area contributed by atoms with Crippen molar-refractivity contribution < 1.29 is 80.1 Å². The molecule has 1 aromatic heterocycles. The number of aromatic nitrogens is 1. The predicted molar refractivity (Wildman–Crippen MR) is 325 cm³/mol. The first-order valence-corrected chi connectivity index (χ1v) is 26.2. The molecule has 0 radical (unpaired) electrons. The SMILES string of the molecule is CCN(C(=O)c1c(O)c2c(Cl)cccc2n(C)c1=O)c1ccccc1.COc1ccc(C[C@@H](C)NC[C@H](O)c2ccc(O)c(NC=O)c2)cc1.COc1ccc(C[C@@H](C)NC[C@H](O)c2ccc(O)c(NC=O)c2)cc1.O.O.O=C(O)/C=C/C(=O)O. The highest BCUT2D eigenvalue weighted by Gasteiger charge is 2.27. The molecule has 0 aliphatic rings. The Morgan fingerprint density at radius 2 is 1.08 bits per heavy atom. The van der Waals surface area contributed by atoms with Crippen LogP contribution in [0, 0.1) is 0 Å². The van der Waals surface area contributed by atoms with E-state index in [1.54, 1.807) is 94.9 Å². The lowest BCUT2D eigenvalue weighted by Gasteiger charge is -2.22. The first kappa shape index (κ1) is 71.8. The number of hydrogen-bond acceptors (Lipinski definition) is 15. The van der Waals surface area contributed by atoms with Gasteiger partial charge in [-0.05, 0) is 129 Å². The summed E-state index contributed by atoms with van der Waals surface area (Å²) in [6.45, 7) is 6.98. The fourth-order valence-corrected chi connectivity index (χ4v) is 8.43. The number of aliphatic hydroxyl groups is 2. The third-order valence-electron chi connectivity index (χ3n) is 12.5. The molecule has 24 heteroatoms. The van der Waals surface area contributed by atoms with E-state index < -0.39 is 35.6 Å². The zero-order valence-corrected chi connectivity index (χ0v) is 48.3. The second kappa shape index (κ2) is 36.3. The Kier molecular flexibility index (Phi) is 30.6. The van der Waals surface area contributed by atoms with Crippen molar-refractivity contribution in [2.24, 2.45) is 7.05 Å². The molecule has 0 fully saturated rings. The van der Waals surface area contributed by atoms with E-state index in [4.69, 9.17) is 31.3 Å². The Hall–Kier alpha value is -9.33. The number of anilines is 3. The topological polar surface area (TPSA) is 382 Å². The van der Waals surface area contributed by atoms with Gasteiger partial charge in [-0.2, -0.15) is 0 Å². The Labute approximate surface area is 495 Å². The number of aliphatic carboxylic acids is 2. The average Bonchev–Trinajstić information content (AvgIpc) is 3.61. The summed E-state index contributed by atoms with van der Waals surface area (Å²) in [5, 5.41) is 78.1. The molecule has 0 aliphatic carbocycles. The molecular weight excluding hydrogens is 1120 g/mol. The fourth-order valence-electron chi connectivity index (χ4n) is 8.17. The van der Waals surface area contributed by atoms with E-state index in [1.165, 1.54) is 32.7 Å². The number of carbonyl (C=O) groups is 5. The summed E-state index contributed by atoms with van der Waals surface area (Å²) in [6, 6.07) is 39.4. The van der Waals surface area contributed by atoms with E-state index in [1.807, 2.05) is 68.4 Å². The standard InChI is InChI=1S/C19H17ClN2O3.2C19H24N2O4.C4H4O4.2H2O/c1-3-22(12-8-5-4-6-9-12)19(25)16-17(23)15-13(20)10-7-11-14(15)21(2)18(16)24;2*1-13(9-14-3-6-16(25-2)7-4-14)20-11-19(24)15-5-8-18(23)17(10-15)21-12-22;5-3(6)1-2-4(7)8;;/h4-11,23H,3H2,1-2H3;2*3-8,10,12-13,19-20,23-24H,9,11H2,1-2H3,(H,21,22);1-2H,(H,5,6)(H,7,8);2*1H2/b;;;2-1+;;/t;2*13-,19+;;;/m.11.../s1. The van der Waals surface area contributed by atoms with Gasteiger partial charge in [0, 0.05) is 56.6 Å². The van der Waals surface area contributed by atoms with E-state index in [2.05, 4.69) is 21.3 Å². The van der Waals surface area contributed by atoms with Gasteiger partial charge in [-0.3, -0.25) is 19.2 Å². The van der Waals surface area contributed by atoms with Gasteiger partial charge in [0.15, 0.2) is 0 Å². The number of aryl methyl sites for hydroxylation is 1. The zero-order chi connectivity index (χ0) is 61.2. The van der Waals surface area contributed by atoms with Gasteiger partial charge in [0.1, 0.15) is 34.3 Å². The number of aliphatic hydroxyl groups excluding tert-OH is 2. The molecule has 4 atom stereocenters. The first-order valence-electron chi connectivity index (χ1n) is 25.8. The number of ether oxygens (including phenoxy) is 2. The number of para-hydroxylation sites is 1. The molecule has 6 aromatic carbocycles. The van der Waals surface area contributed by atoms with Gasteiger partial charge >= 0.3 is 11.9 Å². The van der Waals surface area contributed by atoms with Gasteiger partial charge in [-0.15, -0.1) is 0 Å². The van der Waals surface area contributed by atoms with Crippen molar-refractivity contribution in [1.29, 1.82) is 0 Å². The molecule has 0 bridgehead atoms. The number of amides is 3. The lowest BCUT2D eigenvalue weighted by atomic mass is 10.1. The maximum atomic E-state index is 13.0. The molecule has 0 aliphatic heterocycles. The number of phenols is 2. The molecule has 7 aromatic rings. The lowest BCUT2D eigenvalue weighted by molar-refractivity contribution is -0.134. The minimum atomic E-state index is -1.26. The summed E-state index contributed by atoms with van der Waals surface area (Å²) in [4.78, 5) is 67.4. The van der Waals surface area contributed by atoms with E-state index >= 15 is 0 Å². The molecule has 7 rings (SSSR count). The Morgan fingerprint density at radius 1 is 0.647 bits per heavy atom. The molecule has 0 saturated carbocycles. The Morgan fingerprint density at radius 3 is 1.47 bits per heavy atom. The minimum absolute atomic E-state index is 0. The number of pyridine rings is 1. The molecular formula is C61H73ClN6O17. The Bertz CT molecular complexity index is 3210. The highest BCUT2D eigenvalue weighted by atomic mass is 35.5. The van der Waals surface area contributed by atoms with Crippen LogP contribution in [0.4, 0.5) is 17.1 Å². The average molecular weight is 1200 g/mol. The molecule has 85 heavy (non-hydrogen) atoms. The number of rotatable bonds is 23. The lowest BCUT2D eigenvalue weighted by Crippen LogP contribution is -2.36. The van der Waals surface area contributed by atoms with Gasteiger partial charge < -0.3 is 86.9 Å². The smallest absolute Gasteiger partial charge is 0.328 e. The van der Waals surface area contributed by atoms with E-state index in [9.17, 15) is 54.3 Å². The maximum Gasteiger partial charge on any atom is 0.328 e. The summed E-state index contributed by atoms with van der Waals surface area (Å²) in [5.41, 5.74) is 4.41. The Balaban J connectivity index is 0.000000404. The molecule has 3 amide bonds. The second-order valence-corrected chi connectivity index (χ2v) is 18.9. The van der Waals surface area contributed by atoms with Crippen LogP contribution in [0.15, 0.2) is 150 Å². The van der Waals surface area contributed by atoms with E-state index in [0.717, 1.165) is 24.3 Å². The van der Waals surface area contributed by atoms with Crippen LogP contribution in [0.3, 0.4) is 0 Å².